The molecule has 23 heavy (non-hydrogen) atoms. The number of rotatable bonds is 5. The fourth-order valence-corrected chi connectivity index (χ4v) is 2.31. The molecule has 7 heteroatoms. The molecule has 0 amide bonds. The van der Waals surface area contributed by atoms with E-state index < -0.39 is 0 Å². The smallest absolute Gasteiger partial charge is 0.261 e. The number of nitrogens with zero attached hydrogens (tertiary/aromatic N) is 4. The Kier molecular flexibility index (Phi) is 4.20. The van der Waals surface area contributed by atoms with E-state index in [0.29, 0.717) is 29.4 Å². The average Bonchev–Trinajstić information content (AvgIpc) is 3.14. The number of hydrogen-bond donors (Lipinski definition) is 1. The second-order valence-corrected chi connectivity index (χ2v) is 5.42. The summed E-state index contributed by atoms with van der Waals surface area (Å²) in [5.41, 5.74) is 1.83. The zero-order valence-corrected chi connectivity index (χ0v) is 13.2. The lowest BCUT2D eigenvalue weighted by atomic mass is 10.2. The van der Waals surface area contributed by atoms with E-state index in [0.717, 1.165) is 5.69 Å². The van der Waals surface area contributed by atoms with Crippen molar-refractivity contribution in [3.63, 3.8) is 0 Å². The number of likely N-dealkylation sites (N-methyl/N-ethyl adjacent to an activating group) is 1. The van der Waals surface area contributed by atoms with Gasteiger partial charge in [-0.2, -0.15) is 10.1 Å². The molecule has 0 radical (unpaired) electrons. The van der Waals surface area contributed by atoms with Crippen molar-refractivity contribution in [3.05, 3.63) is 47.8 Å². The van der Waals surface area contributed by atoms with Crippen molar-refractivity contribution < 1.29 is 8.91 Å². The molecular formula is C16H18FN5O. The van der Waals surface area contributed by atoms with Crippen molar-refractivity contribution >= 4 is 0 Å². The van der Waals surface area contributed by atoms with Crippen molar-refractivity contribution in [1.29, 1.82) is 0 Å². The van der Waals surface area contributed by atoms with E-state index in [9.17, 15) is 4.39 Å². The van der Waals surface area contributed by atoms with Crippen LogP contribution in [0.25, 0.3) is 17.1 Å². The number of para-hydroxylation sites is 1. The highest BCUT2D eigenvalue weighted by molar-refractivity contribution is 5.56. The molecular weight excluding hydrogens is 297 g/mol. The molecule has 0 saturated heterocycles. The van der Waals surface area contributed by atoms with Gasteiger partial charge >= 0.3 is 0 Å². The highest BCUT2D eigenvalue weighted by Gasteiger charge is 2.18. The molecule has 0 bridgehead atoms. The van der Waals surface area contributed by atoms with Crippen molar-refractivity contribution in [3.8, 4) is 17.1 Å². The summed E-state index contributed by atoms with van der Waals surface area (Å²) >= 11 is 0. The summed E-state index contributed by atoms with van der Waals surface area (Å²) in [5, 5.41) is 11.4. The summed E-state index contributed by atoms with van der Waals surface area (Å²) in [6.07, 6.45) is 2.28. The third-order valence-electron chi connectivity index (χ3n) is 3.77. The predicted molar refractivity (Wildman–Crippen MR) is 83.8 cm³/mol. The Hall–Kier alpha value is -2.54. The fraction of sp³-hybridized carbons (Fsp3) is 0.312. The molecule has 0 fully saturated rings. The minimum absolute atomic E-state index is 0.252. The highest BCUT2D eigenvalue weighted by atomic mass is 19.1. The molecule has 1 unspecified atom stereocenters. The second-order valence-electron chi connectivity index (χ2n) is 5.42. The first-order valence-electron chi connectivity index (χ1n) is 7.40. The van der Waals surface area contributed by atoms with E-state index in [4.69, 9.17) is 4.52 Å². The molecule has 2 heterocycles. The normalized spacial score (nSPS) is 12.5. The van der Waals surface area contributed by atoms with Gasteiger partial charge in [-0.3, -0.25) is 0 Å². The maximum Gasteiger partial charge on any atom is 0.261 e. The van der Waals surface area contributed by atoms with Crippen LogP contribution in [-0.4, -0.2) is 33.0 Å². The molecule has 0 spiro atoms. The van der Waals surface area contributed by atoms with E-state index in [-0.39, 0.29) is 11.9 Å². The van der Waals surface area contributed by atoms with Crippen LogP contribution in [-0.2, 0) is 6.42 Å². The molecule has 0 saturated carbocycles. The fourth-order valence-electron chi connectivity index (χ4n) is 2.31. The van der Waals surface area contributed by atoms with Gasteiger partial charge < -0.3 is 9.84 Å². The Balaban J connectivity index is 1.92. The molecule has 0 aliphatic rings. The van der Waals surface area contributed by atoms with Crippen LogP contribution in [0.15, 0.2) is 35.0 Å². The van der Waals surface area contributed by atoms with Gasteiger partial charge in [0.05, 0.1) is 17.5 Å². The van der Waals surface area contributed by atoms with Gasteiger partial charge in [0.25, 0.3) is 5.89 Å². The van der Waals surface area contributed by atoms with Crippen LogP contribution in [0.5, 0.6) is 0 Å². The standard InChI is InChI=1S/C16H18FN5O/c1-10(18-3)8-15-20-16(23-21-15)12-9-19-22(11(12)2)14-7-5-4-6-13(14)17/h4-7,9-10,18H,8H2,1-3H3. The predicted octanol–water partition coefficient (Wildman–Crippen LogP) is 2.52. The Morgan fingerprint density at radius 2 is 2.13 bits per heavy atom. The molecule has 2 aromatic heterocycles. The van der Waals surface area contributed by atoms with Crippen LogP contribution in [0, 0.1) is 12.7 Å². The first-order chi connectivity index (χ1) is 11.1. The summed E-state index contributed by atoms with van der Waals surface area (Å²) in [6.45, 7) is 3.88. The molecule has 6 nitrogen and oxygen atoms in total. The maximum atomic E-state index is 13.9. The molecule has 1 aromatic carbocycles. The van der Waals surface area contributed by atoms with Crippen molar-refractivity contribution in [2.24, 2.45) is 0 Å². The lowest BCUT2D eigenvalue weighted by Crippen LogP contribution is -2.24. The zero-order valence-electron chi connectivity index (χ0n) is 13.2. The Morgan fingerprint density at radius 3 is 2.87 bits per heavy atom. The number of hydrogen-bond acceptors (Lipinski definition) is 5. The van der Waals surface area contributed by atoms with E-state index >= 15 is 0 Å². The van der Waals surface area contributed by atoms with Crippen LogP contribution in [0.2, 0.25) is 0 Å². The van der Waals surface area contributed by atoms with Crippen LogP contribution < -0.4 is 5.32 Å². The van der Waals surface area contributed by atoms with Gasteiger partial charge in [-0.15, -0.1) is 0 Å². The summed E-state index contributed by atoms with van der Waals surface area (Å²) in [6, 6.07) is 6.74. The Morgan fingerprint density at radius 1 is 1.35 bits per heavy atom. The molecule has 1 atom stereocenters. The largest absolute Gasteiger partial charge is 0.334 e. The molecule has 120 valence electrons. The van der Waals surface area contributed by atoms with Crippen LogP contribution in [0.3, 0.4) is 0 Å². The maximum absolute atomic E-state index is 13.9. The lowest BCUT2D eigenvalue weighted by Gasteiger charge is -2.05. The van der Waals surface area contributed by atoms with Gasteiger partial charge in [0, 0.05) is 12.5 Å². The van der Waals surface area contributed by atoms with Crippen LogP contribution in [0.4, 0.5) is 4.39 Å². The Labute approximate surface area is 133 Å². The topological polar surface area (TPSA) is 68.8 Å². The molecule has 1 N–H and O–H groups in total. The van der Waals surface area contributed by atoms with E-state index in [1.807, 2.05) is 20.9 Å². The van der Waals surface area contributed by atoms with Crippen molar-refractivity contribution in [2.45, 2.75) is 26.3 Å². The number of halogens is 1. The summed E-state index contributed by atoms with van der Waals surface area (Å²) in [4.78, 5) is 4.39. The highest BCUT2D eigenvalue weighted by Crippen LogP contribution is 2.24. The second kappa shape index (κ2) is 6.29. The summed E-state index contributed by atoms with van der Waals surface area (Å²) < 4.78 is 20.8. The average molecular weight is 315 g/mol. The molecule has 3 aromatic rings. The van der Waals surface area contributed by atoms with E-state index in [2.05, 4.69) is 20.6 Å². The minimum Gasteiger partial charge on any atom is -0.334 e. The van der Waals surface area contributed by atoms with Gasteiger partial charge in [-0.25, -0.2) is 9.07 Å². The quantitative estimate of drug-likeness (QED) is 0.783. The number of benzene rings is 1. The molecule has 0 aliphatic carbocycles. The van der Waals surface area contributed by atoms with Gasteiger partial charge in [0.15, 0.2) is 5.82 Å². The van der Waals surface area contributed by atoms with Crippen molar-refractivity contribution in [1.82, 2.24) is 25.2 Å². The third-order valence-corrected chi connectivity index (χ3v) is 3.77. The monoisotopic (exact) mass is 315 g/mol. The zero-order chi connectivity index (χ0) is 16.4. The van der Waals surface area contributed by atoms with Gasteiger partial charge in [-0.05, 0) is 33.0 Å². The molecule has 0 aliphatic heterocycles. The van der Waals surface area contributed by atoms with Gasteiger partial charge in [-0.1, -0.05) is 17.3 Å². The minimum atomic E-state index is -0.334. The van der Waals surface area contributed by atoms with Crippen LogP contribution in [0.1, 0.15) is 18.4 Å². The van der Waals surface area contributed by atoms with Gasteiger partial charge in [0.2, 0.25) is 0 Å². The van der Waals surface area contributed by atoms with E-state index in [1.165, 1.54) is 10.7 Å². The lowest BCUT2D eigenvalue weighted by molar-refractivity contribution is 0.418. The number of nitrogens with one attached hydrogen (secondary N) is 1. The van der Waals surface area contributed by atoms with E-state index in [1.54, 1.807) is 24.4 Å². The van der Waals surface area contributed by atoms with Crippen molar-refractivity contribution in [2.75, 3.05) is 7.05 Å². The summed E-state index contributed by atoms with van der Waals surface area (Å²) in [7, 11) is 1.88. The Bertz CT molecular complexity index is 810. The first kappa shape index (κ1) is 15.4. The third kappa shape index (κ3) is 3.00. The van der Waals surface area contributed by atoms with Gasteiger partial charge in [0.1, 0.15) is 11.5 Å². The SMILES string of the molecule is CNC(C)Cc1noc(-c2cnn(-c3ccccc3F)c2C)n1. The van der Waals surface area contributed by atoms with Crippen LogP contribution >= 0.6 is 0 Å². The summed E-state index contributed by atoms with van der Waals surface area (Å²) in [5.74, 6) is 0.683. The number of aromatic nitrogens is 4. The molecule has 3 rings (SSSR count). The first-order valence-corrected chi connectivity index (χ1v) is 7.40.